The van der Waals surface area contributed by atoms with Crippen LogP contribution in [0.4, 0.5) is 0 Å². The average Bonchev–Trinajstić information content (AvgIpc) is 3.34. The van der Waals surface area contributed by atoms with Crippen LogP contribution in [0.3, 0.4) is 0 Å². The number of carbonyl (C=O) groups is 2. The van der Waals surface area contributed by atoms with Gasteiger partial charge < -0.3 is 14.5 Å². The Kier molecular flexibility index (Phi) is 3.46. The summed E-state index contributed by atoms with van der Waals surface area (Å²) in [5.74, 6) is 0.504. The molecule has 3 saturated heterocycles. The van der Waals surface area contributed by atoms with Crippen molar-refractivity contribution in [3.05, 3.63) is 35.2 Å². The molecule has 5 nitrogen and oxygen atoms in total. The van der Waals surface area contributed by atoms with Crippen LogP contribution < -0.4 is 0 Å². The minimum absolute atomic E-state index is 0.0271. The molecule has 4 heterocycles. The molecule has 1 aromatic heterocycles. The molecule has 0 aliphatic carbocycles. The summed E-state index contributed by atoms with van der Waals surface area (Å²) in [7, 11) is 0. The molecular formula is C20H22N2O3S. The van der Waals surface area contributed by atoms with E-state index in [-0.39, 0.29) is 23.9 Å². The van der Waals surface area contributed by atoms with E-state index < -0.39 is 5.72 Å². The summed E-state index contributed by atoms with van der Waals surface area (Å²) in [4.78, 5) is 30.5. The lowest BCUT2D eigenvalue weighted by atomic mass is 10.0. The summed E-state index contributed by atoms with van der Waals surface area (Å²) < 4.78 is 7.34. The molecule has 3 aliphatic rings. The van der Waals surface area contributed by atoms with Crippen molar-refractivity contribution in [2.45, 2.75) is 44.5 Å². The molecule has 26 heavy (non-hydrogen) atoms. The number of fused-ring (bicyclic) bond motifs is 1. The van der Waals surface area contributed by atoms with Crippen LogP contribution in [0, 0.1) is 5.92 Å². The Balaban J connectivity index is 1.47. The predicted octanol–water partition coefficient (Wildman–Crippen LogP) is 3.10. The standard InChI is InChI=1S/C20H22N2O3S/c1-12(2)14-11-25-20-7-8-21(17(20)10-18(23)22(14)20)19(24)16-9-13-5-3-4-6-15(13)26-16/h3-6,9,12,14,17H,7-8,10-11H2,1-2H3/t14-,17+,20-/m0/s1. The van der Waals surface area contributed by atoms with Gasteiger partial charge in [0.2, 0.25) is 5.91 Å². The van der Waals surface area contributed by atoms with E-state index >= 15 is 0 Å². The van der Waals surface area contributed by atoms with E-state index in [2.05, 4.69) is 13.8 Å². The number of likely N-dealkylation sites (tertiary alicyclic amines) is 1. The second-order valence-electron chi connectivity index (χ2n) is 7.85. The lowest BCUT2D eigenvalue weighted by Gasteiger charge is -2.34. The molecular weight excluding hydrogens is 348 g/mol. The van der Waals surface area contributed by atoms with Crippen molar-refractivity contribution in [3.63, 3.8) is 0 Å². The maximum absolute atomic E-state index is 13.2. The van der Waals surface area contributed by atoms with Gasteiger partial charge in [-0.25, -0.2) is 0 Å². The Labute approximate surface area is 156 Å². The second-order valence-corrected chi connectivity index (χ2v) is 8.93. The molecule has 6 heteroatoms. The van der Waals surface area contributed by atoms with Gasteiger partial charge in [-0.15, -0.1) is 11.3 Å². The number of hydrogen-bond donors (Lipinski definition) is 0. The maximum atomic E-state index is 13.2. The smallest absolute Gasteiger partial charge is 0.264 e. The number of benzene rings is 1. The van der Waals surface area contributed by atoms with Crippen molar-refractivity contribution in [1.82, 2.24) is 9.80 Å². The van der Waals surface area contributed by atoms with Crippen molar-refractivity contribution in [3.8, 4) is 0 Å². The van der Waals surface area contributed by atoms with Gasteiger partial charge in [0.15, 0.2) is 5.72 Å². The van der Waals surface area contributed by atoms with Crippen LogP contribution in [0.2, 0.25) is 0 Å². The Morgan fingerprint density at radius 3 is 2.92 bits per heavy atom. The number of rotatable bonds is 2. The molecule has 3 fully saturated rings. The van der Waals surface area contributed by atoms with Crippen molar-refractivity contribution < 1.29 is 14.3 Å². The molecule has 5 rings (SSSR count). The van der Waals surface area contributed by atoms with Crippen LogP contribution in [-0.2, 0) is 9.53 Å². The number of thiophene rings is 1. The first-order valence-corrected chi connectivity index (χ1v) is 10.1. The van der Waals surface area contributed by atoms with Gasteiger partial charge in [-0.2, -0.15) is 0 Å². The van der Waals surface area contributed by atoms with Gasteiger partial charge in [0.05, 0.1) is 30.0 Å². The normalized spacial score (nSPS) is 30.5. The molecule has 0 radical (unpaired) electrons. The van der Waals surface area contributed by atoms with Gasteiger partial charge >= 0.3 is 0 Å². The fraction of sp³-hybridized carbons (Fsp3) is 0.500. The maximum Gasteiger partial charge on any atom is 0.264 e. The SMILES string of the molecule is CC(C)[C@@H]1CO[C@@]23CCN(C(=O)c4cc5ccccc5s4)[C@@H]2CC(=O)N13. The van der Waals surface area contributed by atoms with Crippen molar-refractivity contribution in [1.29, 1.82) is 0 Å². The van der Waals surface area contributed by atoms with E-state index in [0.29, 0.717) is 31.9 Å². The molecule has 0 unspecified atom stereocenters. The van der Waals surface area contributed by atoms with Crippen LogP contribution in [0.1, 0.15) is 36.4 Å². The third-order valence-electron chi connectivity index (χ3n) is 6.15. The van der Waals surface area contributed by atoms with Gasteiger partial charge in [0.25, 0.3) is 5.91 Å². The summed E-state index contributed by atoms with van der Waals surface area (Å²) in [6.07, 6.45) is 1.09. The molecule has 2 aromatic rings. The van der Waals surface area contributed by atoms with Crippen LogP contribution in [-0.4, -0.2) is 52.6 Å². The van der Waals surface area contributed by atoms with Gasteiger partial charge in [-0.1, -0.05) is 32.0 Å². The Bertz CT molecular complexity index is 874. The summed E-state index contributed by atoms with van der Waals surface area (Å²) in [5, 5.41) is 1.09. The molecule has 3 atom stereocenters. The lowest BCUT2D eigenvalue weighted by molar-refractivity contribution is -0.139. The van der Waals surface area contributed by atoms with Crippen molar-refractivity contribution in [2.75, 3.05) is 13.2 Å². The van der Waals surface area contributed by atoms with E-state index in [4.69, 9.17) is 4.74 Å². The zero-order valence-corrected chi connectivity index (χ0v) is 15.8. The quantitative estimate of drug-likeness (QED) is 0.816. The fourth-order valence-electron chi connectivity index (χ4n) is 4.84. The number of hydrogen-bond acceptors (Lipinski definition) is 4. The predicted molar refractivity (Wildman–Crippen MR) is 100 cm³/mol. The first-order chi connectivity index (χ1) is 12.5. The monoisotopic (exact) mass is 370 g/mol. The van der Waals surface area contributed by atoms with E-state index in [0.717, 1.165) is 15.0 Å². The third-order valence-corrected chi connectivity index (χ3v) is 7.26. The summed E-state index contributed by atoms with van der Waals surface area (Å²) in [6, 6.07) is 9.96. The molecule has 0 N–H and O–H groups in total. The minimum Gasteiger partial charge on any atom is -0.351 e. The highest BCUT2D eigenvalue weighted by Crippen LogP contribution is 2.49. The van der Waals surface area contributed by atoms with Gasteiger partial charge in [0.1, 0.15) is 0 Å². The average molecular weight is 370 g/mol. The number of amides is 2. The highest BCUT2D eigenvalue weighted by Gasteiger charge is 2.65. The molecule has 3 aliphatic heterocycles. The Morgan fingerprint density at radius 1 is 1.35 bits per heavy atom. The third kappa shape index (κ3) is 2.06. The first kappa shape index (κ1) is 16.3. The van der Waals surface area contributed by atoms with Crippen LogP contribution in [0.15, 0.2) is 30.3 Å². The number of carbonyl (C=O) groups excluding carboxylic acids is 2. The second kappa shape index (κ2) is 5.54. The fourth-order valence-corrected chi connectivity index (χ4v) is 5.86. The van der Waals surface area contributed by atoms with E-state index in [1.165, 1.54) is 11.3 Å². The first-order valence-electron chi connectivity index (χ1n) is 9.27. The minimum atomic E-state index is -0.599. The highest BCUT2D eigenvalue weighted by atomic mass is 32.1. The van der Waals surface area contributed by atoms with E-state index in [1.807, 2.05) is 40.1 Å². The molecule has 0 saturated carbocycles. The lowest BCUT2D eigenvalue weighted by Crippen LogP contribution is -2.51. The number of nitrogens with zero attached hydrogens (tertiary/aromatic N) is 2. The molecule has 136 valence electrons. The van der Waals surface area contributed by atoms with Crippen LogP contribution in [0.25, 0.3) is 10.1 Å². The van der Waals surface area contributed by atoms with Gasteiger partial charge in [0, 0.05) is 17.7 Å². The topological polar surface area (TPSA) is 49.9 Å². The molecule has 1 spiro atoms. The highest BCUT2D eigenvalue weighted by molar-refractivity contribution is 7.20. The van der Waals surface area contributed by atoms with Gasteiger partial charge in [-0.3, -0.25) is 9.59 Å². The molecule has 0 bridgehead atoms. The van der Waals surface area contributed by atoms with Crippen molar-refractivity contribution >= 4 is 33.2 Å². The molecule has 2 amide bonds. The Morgan fingerprint density at radius 2 is 2.15 bits per heavy atom. The van der Waals surface area contributed by atoms with Crippen LogP contribution >= 0.6 is 11.3 Å². The van der Waals surface area contributed by atoms with E-state index in [9.17, 15) is 9.59 Å². The zero-order chi connectivity index (χ0) is 18.1. The Hall–Kier alpha value is -1.92. The van der Waals surface area contributed by atoms with E-state index in [1.54, 1.807) is 0 Å². The van der Waals surface area contributed by atoms with Gasteiger partial charge in [-0.05, 0) is 23.4 Å². The van der Waals surface area contributed by atoms with Crippen molar-refractivity contribution in [2.24, 2.45) is 5.92 Å². The summed E-state index contributed by atoms with van der Waals surface area (Å²) in [6.45, 7) is 5.47. The van der Waals surface area contributed by atoms with Crippen LogP contribution in [0.5, 0.6) is 0 Å². The number of ether oxygens (including phenoxy) is 1. The zero-order valence-electron chi connectivity index (χ0n) is 15.0. The summed E-state index contributed by atoms with van der Waals surface area (Å²) in [5.41, 5.74) is -0.599. The molecule has 1 aromatic carbocycles. The summed E-state index contributed by atoms with van der Waals surface area (Å²) >= 11 is 1.53. The largest absolute Gasteiger partial charge is 0.351 e.